The zero-order valence-electron chi connectivity index (χ0n) is 19.7. The second-order valence-electron chi connectivity index (χ2n) is 9.05. The first-order chi connectivity index (χ1) is 14.0. The van der Waals surface area contributed by atoms with Gasteiger partial charge >= 0.3 is 5.97 Å². The minimum Gasteiger partial charge on any atom is -0.545 e. The molecule has 0 aromatic heterocycles. The van der Waals surface area contributed by atoms with E-state index in [1.807, 2.05) is 6.92 Å². The normalized spacial score (nSPS) is 19.2. The Morgan fingerprint density at radius 2 is 1.40 bits per heavy atom. The summed E-state index contributed by atoms with van der Waals surface area (Å²) in [4.78, 5) is 25.9. The van der Waals surface area contributed by atoms with Gasteiger partial charge < -0.3 is 13.9 Å². The number of allylic oxidation sites excluding steroid dienone is 1. The van der Waals surface area contributed by atoms with Gasteiger partial charge in [0.1, 0.15) is 5.75 Å². The molecule has 5 nitrogen and oxygen atoms in total. The molecule has 0 radical (unpaired) electrons. The number of benzene rings is 1. The number of carbonyl (C=O) groups is 2. The van der Waals surface area contributed by atoms with Crippen LogP contribution in [0.4, 0.5) is 0 Å². The largest absolute Gasteiger partial charge is 0.545 e. The molecule has 0 saturated heterocycles. The van der Waals surface area contributed by atoms with E-state index in [4.69, 9.17) is 13.9 Å². The van der Waals surface area contributed by atoms with Gasteiger partial charge in [0.15, 0.2) is 5.78 Å². The minimum atomic E-state index is -2.25. The molecule has 2 rings (SSSR count). The summed E-state index contributed by atoms with van der Waals surface area (Å²) in [5.41, 5.74) is 2.03. The van der Waals surface area contributed by atoms with Crippen LogP contribution in [-0.4, -0.2) is 34.3 Å². The summed E-state index contributed by atoms with van der Waals surface area (Å²) in [5.74, 6) is 0.0350. The first-order valence-electron chi connectivity index (χ1n) is 10.7. The van der Waals surface area contributed by atoms with Gasteiger partial charge in [-0.3, -0.25) is 4.79 Å². The molecule has 0 amide bonds. The summed E-state index contributed by atoms with van der Waals surface area (Å²) in [6.07, 6.45) is 0. The molecule has 30 heavy (non-hydrogen) atoms. The van der Waals surface area contributed by atoms with Crippen LogP contribution in [0.25, 0.3) is 0 Å². The van der Waals surface area contributed by atoms with Crippen LogP contribution in [0.1, 0.15) is 58.8 Å². The summed E-state index contributed by atoms with van der Waals surface area (Å²) in [5, 5.41) is 0. The minimum absolute atomic E-state index is 0.0937. The molecular formula is C24H36O5Si. The van der Waals surface area contributed by atoms with Crippen molar-refractivity contribution >= 4 is 20.1 Å². The first kappa shape index (κ1) is 24.2. The van der Waals surface area contributed by atoms with Crippen LogP contribution in [0.3, 0.4) is 0 Å². The van der Waals surface area contributed by atoms with Crippen LogP contribution < -0.4 is 4.74 Å². The molecule has 0 aliphatic heterocycles. The molecule has 1 aliphatic carbocycles. The second kappa shape index (κ2) is 9.37. The van der Waals surface area contributed by atoms with Crippen molar-refractivity contribution < 1.29 is 23.5 Å². The topological polar surface area (TPSA) is 61.8 Å². The summed E-state index contributed by atoms with van der Waals surface area (Å²) in [6.45, 7) is 15.2. The fraction of sp³-hybridized carbons (Fsp3) is 0.583. The third-order valence-corrected chi connectivity index (χ3v) is 12.5. The molecule has 1 aromatic carbocycles. The molecule has 6 heteroatoms. The van der Waals surface area contributed by atoms with Crippen LogP contribution in [0.5, 0.6) is 5.75 Å². The maximum absolute atomic E-state index is 13.3. The molecule has 0 bridgehead atoms. The number of ether oxygens (including phenoxy) is 2. The van der Waals surface area contributed by atoms with Gasteiger partial charge in [0.05, 0.1) is 31.5 Å². The van der Waals surface area contributed by atoms with Gasteiger partial charge in [-0.2, -0.15) is 0 Å². The van der Waals surface area contributed by atoms with Crippen molar-refractivity contribution in [1.29, 1.82) is 0 Å². The molecular weight excluding hydrogens is 396 g/mol. The van der Waals surface area contributed by atoms with E-state index in [1.165, 1.54) is 7.11 Å². The maximum atomic E-state index is 13.3. The zero-order chi connectivity index (χ0) is 22.8. The Kier molecular flexibility index (Phi) is 7.56. The second-order valence-corrected chi connectivity index (χ2v) is 14.4. The van der Waals surface area contributed by atoms with Crippen molar-refractivity contribution in [2.45, 2.75) is 65.1 Å². The lowest BCUT2D eigenvalue weighted by atomic mass is 9.70. The van der Waals surface area contributed by atoms with Gasteiger partial charge in [0, 0.05) is 11.5 Å². The maximum Gasteiger partial charge on any atom is 0.337 e. The summed E-state index contributed by atoms with van der Waals surface area (Å²) < 4.78 is 17.0. The van der Waals surface area contributed by atoms with Crippen molar-refractivity contribution in [2.75, 3.05) is 14.2 Å². The highest BCUT2D eigenvalue weighted by molar-refractivity contribution is 6.78. The molecule has 0 N–H and O–H groups in total. The van der Waals surface area contributed by atoms with Gasteiger partial charge in [-0.25, -0.2) is 4.79 Å². The van der Waals surface area contributed by atoms with E-state index in [1.54, 1.807) is 31.4 Å². The van der Waals surface area contributed by atoms with Crippen LogP contribution in [-0.2, 0) is 14.0 Å². The van der Waals surface area contributed by atoms with Crippen molar-refractivity contribution in [3.63, 3.8) is 0 Å². The first-order valence-corrected chi connectivity index (χ1v) is 12.9. The number of methoxy groups -OCH3 is 2. The standard InChI is InChI=1S/C24H36O5Si/c1-14(2)30(15(3)4,16(5)6)29-23-17(7)20(21(23)24(26)28-9)22(25)18-10-12-19(27-8)13-11-18/h10-17,20H,1-9H3/t17-,20-/m1/s1. The SMILES string of the molecule is COC(=O)C1=C(O[Si](C(C)C)(C(C)C)C(C)C)[C@H](C)[C@H]1C(=O)c1ccc(OC)cc1. The Hall–Kier alpha value is -2.08. The lowest BCUT2D eigenvalue weighted by molar-refractivity contribution is -0.137. The van der Waals surface area contributed by atoms with Crippen LogP contribution in [0.2, 0.25) is 16.6 Å². The van der Waals surface area contributed by atoms with E-state index in [9.17, 15) is 9.59 Å². The van der Waals surface area contributed by atoms with E-state index < -0.39 is 20.2 Å². The van der Waals surface area contributed by atoms with Gasteiger partial charge in [0.2, 0.25) is 0 Å². The summed E-state index contributed by atoms with van der Waals surface area (Å²) in [6, 6.07) is 6.97. The molecule has 0 spiro atoms. The highest BCUT2D eigenvalue weighted by Gasteiger charge is 2.54. The summed E-state index contributed by atoms with van der Waals surface area (Å²) >= 11 is 0. The Balaban J connectivity index is 2.49. The van der Waals surface area contributed by atoms with E-state index in [0.29, 0.717) is 39.3 Å². The van der Waals surface area contributed by atoms with Gasteiger partial charge in [-0.15, -0.1) is 0 Å². The molecule has 0 fully saturated rings. The Morgan fingerprint density at radius 1 is 0.900 bits per heavy atom. The molecule has 1 aliphatic rings. The third-order valence-electron chi connectivity index (χ3n) is 6.55. The predicted molar refractivity (Wildman–Crippen MR) is 121 cm³/mol. The zero-order valence-corrected chi connectivity index (χ0v) is 20.7. The van der Waals surface area contributed by atoms with Crippen molar-refractivity contribution in [3.05, 3.63) is 41.2 Å². The number of hydrogen-bond donors (Lipinski definition) is 0. The van der Waals surface area contributed by atoms with E-state index in [2.05, 4.69) is 41.5 Å². The molecule has 0 saturated carbocycles. The van der Waals surface area contributed by atoms with Gasteiger partial charge in [-0.05, 0) is 40.9 Å². The molecule has 0 heterocycles. The Labute approximate surface area is 181 Å². The predicted octanol–water partition coefficient (Wildman–Crippen LogP) is 5.76. The van der Waals surface area contributed by atoms with Crippen molar-refractivity contribution in [1.82, 2.24) is 0 Å². The van der Waals surface area contributed by atoms with E-state index >= 15 is 0 Å². The smallest absolute Gasteiger partial charge is 0.337 e. The average Bonchev–Trinajstić information content (AvgIpc) is 2.70. The fourth-order valence-electron chi connectivity index (χ4n) is 5.03. The number of ketones is 1. The molecule has 166 valence electrons. The van der Waals surface area contributed by atoms with Gasteiger partial charge in [0.25, 0.3) is 8.32 Å². The Bertz CT molecular complexity index is 786. The quantitative estimate of drug-likeness (QED) is 0.282. The van der Waals surface area contributed by atoms with Gasteiger partial charge in [-0.1, -0.05) is 48.5 Å². The third kappa shape index (κ3) is 4.06. The molecule has 2 atom stereocenters. The lowest BCUT2D eigenvalue weighted by Gasteiger charge is -2.48. The lowest BCUT2D eigenvalue weighted by Crippen LogP contribution is -2.51. The number of Topliss-reactive ketones (excluding diaryl/α,β-unsaturated/α-hetero) is 1. The van der Waals surface area contributed by atoms with E-state index in [-0.39, 0.29) is 11.7 Å². The van der Waals surface area contributed by atoms with Crippen LogP contribution in [0, 0.1) is 11.8 Å². The summed E-state index contributed by atoms with van der Waals surface area (Å²) in [7, 11) is 0.682. The number of hydrogen-bond acceptors (Lipinski definition) is 5. The van der Waals surface area contributed by atoms with Crippen LogP contribution in [0.15, 0.2) is 35.6 Å². The highest BCUT2D eigenvalue weighted by Crippen LogP contribution is 2.51. The number of carbonyl (C=O) groups excluding carboxylic acids is 2. The van der Waals surface area contributed by atoms with E-state index in [0.717, 1.165) is 0 Å². The average molecular weight is 433 g/mol. The monoisotopic (exact) mass is 432 g/mol. The number of rotatable bonds is 9. The highest BCUT2D eigenvalue weighted by atomic mass is 28.4. The van der Waals surface area contributed by atoms with Crippen molar-refractivity contribution in [2.24, 2.45) is 11.8 Å². The fourth-order valence-corrected chi connectivity index (χ4v) is 10.4. The Morgan fingerprint density at radius 3 is 1.80 bits per heavy atom. The number of esters is 1. The van der Waals surface area contributed by atoms with Crippen molar-refractivity contribution in [3.8, 4) is 5.75 Å². The van der Waals surface area contributed by atoms with Crippen LogP contribution >= 0.6 is 0 Å². The molecule has 1 aromatic rings. The molecule has 0 unspecified atom stereocenters.